The van der Waals surface area contributed by atoms with E-state index in [0.717, 1.165) is 5.56 Å². The summed E-state index contributed by atoms with van der Waals surface area (Å²) in [6.07, 6.45) is 0. The molecule has 0 saturated heterocycles. The number of halogens is 1. The monoisotopic (exact) mass is 294 g/mol. The Hall–Kier alpha value is -2.28. The minimum absolute atomic E-state index is 0.123. The molecular weight excluding hydrogens is 283 g/mol. The number of nitrogens with zero attached hydrogens (tertiary/aromatic N) is 2. The molecule has 0 unspecified atom stereocenters. The van der Waals surface area contributed by atoms with Crippen molar-refractivity contribution in [1.82, 2.24) is 0 Å². The van der Waals surface area contributed by atoms with Crippen molar-refractivity contribution < 1.29 is 16.5 Å². The first-order valence-corrected chi connectivity index (χ1v) is 6.96. The summed E-state index contributed by atoms with van der Waals surface area (Å²) < 4.78 is 36.9. The molecular formula is C13H11FN2O3S. The van der Waals surface area contributed by atoms with Gasteiger partial charge in [0, 0.05) is 0 Å². The summed E-state index contributed by atoms with van der Waals surface area (Å²) in [5.41, 5.74) is 2.31. The van der Waals surface area contributed by atoms with Gasteiger partial charge in [0.25, 0.3) is 0 Å². The van der Waals surface area contributed by atoms with E-state index < -0.39 is 10.5 Å². The zero-order chi connectivity index (χ0) is 14.6. The minimum atomic E-state index is -5.00. The van der Waals surface area contributed by atoms with Crippen molar-refractivity contribution in [2.24, 2.45) is 10.2 Å². The molecule has 2 rings (SSSR count). The molecule has 0 radical (unpaired) electrons. The van der Waals surface area contributed by atoms with E-state index in [-0.39, 0.29) is 5.75 Å². The lowest BCUT2D eigenvalue weighted by Crippen LogP contribution is -2.00. The summed E-state index contributed by atoms with van der Waals surface area (Å²) in [7, 11) is -5.00. The molecule has 7 heteroatoms. The van der Waals surface area contributed by atoms with E-state index >= 15 is 0 Å². The number of hydrogen-bond donors (Lipinski definition) is 0. The highest BCUT2D eigenvalue weighted by molar-refractivity contribution is 7.81. The molecule has 104 valence electrons. The molecule has 0 saturated carbocycles. The Morgan fingerprint density at radius 1 is 0.900 bits per heavy atom. The van der Waals surface area contributed by atoms with Crippen LogP contribution in [-0.2, 0) is 10.5 Å². The van der Waals surface area contributed by atoms with Crippen LogP contribution < -0.4 is 4.18 Å². The molecule has 0 spiro atoms. The summed E-state index contributed by atoms with van der Waals surface area (Å²) in [6.45, 7) is 1.97. The van der Waals surface area contributed by atoms with Crippen LogP contribution in [0.25, 0.3) is 0 Å². The van der Waals surface area contributed by atoms with Crippen molar-refractivity contribution in [2.45, 2.75) is 6.92 Å². The van der Waals surface area contributed by atoms with Gasteiger partial charge in [0.15, 0.2) is 0 Å². The molecule has 0 amide bonds. The first-order valence-electron chi connectivity index (χ1n) is 5.65. The Morgan fingerprint density at radius 2 is 1.35 bits per heavy atom. The van der Waals surface area contributed by atoms with Gasteiger partial charge in [-0.1, -0.05) is 21.6 Å². The summed E-state index contributed by atoms with van der Waals surface area (Å²) in [6, 6.07) is 13.0. The maximum absolute atomic E-state index is 12.3. The van der Waals surface area contributed by atoms with Crippen molar-refractivity contribution >= 4 is 21.9 Å². The lowest BCUT2D eigenvalue weighted by molar-refractivity contribution is 0.440. The van der Waals surface area contributed by atoms with E-state index in [1.165, 1.54) is 24.3 Å². The van der Waals surface area contributed by atoms with Crippen molar-refractivity contribution in [3.8, 4) is 5.75 Å². The Balaban J connectivity index is 2.09. The van der Waals surface area contributed by atoms with Gasteiger partial charge in [-0.2, -0.15) is 18.6 Å². The maximum atomic E-state index is 12.3. The fourth-order valence-corrected chi connectivity index (χ4v) is 1.75. The van der Waals surface area contributed by atoms with Crippen molar-refractivity contribution in [1.29, 1.82) is 0 Å². The molecule has 0 bridgehead atoms. The molecule has 0 fully saturated rings. The van der Waals surface area contributed by atoms with E-state index in [2.05, 4.69) is 14.4 Å². The van der Waals surface area contributed by atoms with Crippen LogP contribution in [0.3, 0.4) is 0 Å². The topological polar surface area (TPSA) is 68.1 Å². The largest absolute Gasteiger partial charge is 0.488 e. The lowest BCUT2D eigenvalue weighted by Gasteiger charge is -1.99. The highest BCUT2D eigenvalue weighted by atomic mass is 32.3. The number of azo groups is 1. The van der Waals surface area contributed by atoms with Crippen LogP contribution in [0.15, 0.2) is 58.8 Å². The fraction of sp³-hybridized carbons (Fsp3) is 0.0769. The van der Waals surface area contributed by atoms with Crippen LogP contribution in [0.4, 0.5) is 15.3 Å². The van der Waals surface area contributed by atoms with Crippen LogP contribution in [0.1, 0.15) is 5.56 Å². The quantitative estimate of drug-likeness (QED) is 0.632. The number of hydrogen-bond acceptors (Lipinski definition) is 5. The smallest absolute Gasteiger partial charge is 0.358 e. The Bertz CT molecular complexity index is 710. The van der Waals surface area contributed by atoms with Gasteiger partial charge in [-0.05, 0) is 43.3 Å². The predicted octanol–water partition coefficient (Wildman–Crippen LogP) is 4.00. The average Bonchev–Trinajstić information content (AvgIpc) is 2.38. The zero-order valence-corrected chi connectivity index (χ0v) is 11.3. The van der Waals surface area contributed by atoms with Gasteiger partial charge in [0.1, 0.15) is 5.75 Å². The first-order chi connectivity index (χ1) is 9.42. The molecule has 0 heterocycles. The molecule has 0 aliphatic heterocycles. The molecule has 0 aliphatic carbocycles. The van der Waals surface area contributed by atoms with E-state index in [0.29, 0.717) is 11.4 Å². The molecule has 20 heavy (non-hydrogen) atoms. The molecule has 2 aromatic carbocycles. The van der Waals surface area contributed by atoms with E-state index in [4.69, 9.17) is 0 Å². The highest BCUT2D eigenvalue weighted by Gasteiger charge is 2.08. The van der Waals surface area contributed by atoms with Gasteiger partial charge >= 0.3 is 10.5 Å². The van der Waals surface area contributed by atoms with Gasteiger partial charge in [-0.25, -0.2) is 0 Å². The van der Waals surface area contributed by atoms with Gasteiger partial charge in [-0.15, -0.1) is 0 Å². The standard InChI is InChI=1S/C13H11FN2O3S/c1-10-2-4-11(5-3-10)15-16-12-6-8-13(9-7-12)19-20(14,17)18/h2-9H,1H3. The molecule has 0 aromatic heterocycles. The third kappa shape index (κ3) is 4.43. The number of rotatable bonds is 4. The fourth-order valence-electron chi connectivity index (χ4n) is 1.41. The highest BCUT2D eigenvalue weighted by Crippen LogP contribution is 2.22. The third-order valence-corrected chi connectivity index (χ3v) is 2.74. The summed E-state index contributed by atoms with van der Waals surface area (Å²) in [4.78, 5) is 0. The van der Waals surface area contributed by atoms with E-state index in [1.54, 1.807) is 0 Å². The molecule has 0 N–H and O–H groups in total. The van der Waals surface area contributed by atoms with Crippen LogP contribution in [0.5, 0.6) is 5.75 Å². The van der Waals surface area contributed by atoms with Crippen LogP contribution in [0, 0.1) is 6.92 Å². The maximum Gasteiger partial charge on any atom is 0.488 e. The van der Waals surface area contributed by atoms with Crippen molar-refractivity contribution in [3.63, 3.8) is 0 Å². The average molecular weight is 294 g/mol. The van der Waals surface area contributed by atoms with E-state index in [9.17, 15) is 12.3 Å². The van der Waals surface area contributed by atoms with Gasteiger partial charge < -0.3 is 4.18 Å². The summed E-state index contributed by atoms with van der Waals surface area (Å²) in [5, 5.41) is 7.98. The minimum Gasteiger partial charge on any atom is -0.358 e. The number of aryl methyl sites for hydroxylation is 1. The van der Waals surface area contributed by atoms with Gasteiger partial charge in [0.2, 0.25) is 0 Å². The second-order valence-corrected chi connectivity index (χ2v) is 4.96. The SMILES string of the molecule is Cc1ccc(N=Nc2ccc(OS(=O)(=O)F)cc2)cc1. The lowest BCUT2D eigenvalue weighted by atomic mass is 10.2. The molecule has 2 aromatic rings. The second-order valence-electron chi connectivity index (χ2n) is 4.01. The van der Waals surface area contributed by atoms with E-state index in [1.807, 2.05) is 31.2 Å². The van der Waals surface area contributed by atoms with Crippen LogP contribution in [0.2, 0.25) is 0 Å². The second kappa shape index (κ2) is 5.79. The first kappa shape index (κ1) is 14.1. The van der Waals surface area contributed by atoms with Crippen molar-refractivity contribution in [2.75, 3.05) is 0 Å². The number of benzene rings is 2. The van der Waals surface area contributed by atoms with Crippen molar-refractivity contribution in [3.05, 3.63) is 54.1 Å². The summed E-state index contributed by atoms with van der Waals surface area (Å²) >= 11 is 0. The third-order valence-electron chi connectivity index (χ3n) is 2.35. The zero-order valence-electron chi connectivity index (χ0n) is 10.5. The Kier molecular flexibility index (Phi) is 4.09. The van der Waals surface area contributed by atoms with Crippen LogP contribution >= 0.6 is 0 Å². The normalized spacial score (nSPS) is 11.7. The summed E-state index contributed by atoms with van der Waals surface area (Å²) in [5.74, 6) is -0.123. The van der Waals surface area contributed by atoms with Gasteiger partial charge in [-0.3, -0.25) is 0 Å². The molecule has 0 aliphatic rings. The van der Waals surface area contributed by atoms with Crippen LogP contribution in [-0.4, -0.2) is 8.42 Å². The molecule has 5 nitrogen and oxygen atoms in total. The van der Waals surface area contributed by atoms with Gasteiger partial charge in [0.05, 0.1) is 11.4 Å². The predicted molar refractivity (Wildman–Crippen MR) is 72.5 cm³/mol. The molecule has 0 atom stereocenters. The Labute approximate surface area is 116 Å². The Morgan fingerprint density at radius 3 is 1.80 bits per heavy atom.